The average molecular weight is 342 g/mol. The lowest BCUT2D eigenvalue weighted by Crippen LogP contribution is -2.64. The van der Waals surface area contributed by atoms with Crippen molar-refractivity contribution in [1.82, 2.24) is 0 Å². The minimum absolute atomic E-state index is 0.667. The van der Waals surface area contributed by atoms with Gasteiger partial charge in [-0.15, -0.1) is 0 Å². The van der Waals surface area contributed by atoms with E-state index in [1.54, 1.807) is 0 Å². The first kappa shape index (κ1) is 18.9. The van der Waals surface area contributed by atoms with Gasteiger partial charge in [-0.3, -0.25) is 0 Å². The Balaban J connectivity index is 2.11. The van der Waals surface area contributed by atoms with E-state index >= 15 is 0 Å². The second kappa shape index (κ2) is 7.63. The zero-order valence-electron chi connectivity index (χ0n) is 12.0. The number of rotatable bonds is 4. The molecule has 23 heavy (non-hydrogen) atoms. The molecule has 2 aliphatic rings. The maximum Gasteiger partial charge on any atom is 0.187 e. The van der Waals surface area contributed by atoms with Gasteiger partial charge in [0.1, 0.15) is 48.8 Å². The molecule has 11 heteroatoms. The molecule has 0 aromatic carbocycles. The molecule has 0 aliphatic carbocycles. The monoisotopic (exact) mass is 342 g/mol. The SMILES string of the molecule is OC[C@H]1O[C@@H](O[C@H]2[C@@H](O)[C@H](O)[C@H](O)O[C@@H]2CO)[C@@H](O)[C@@H](O)[C@H]1O. The summed E-state index contributed by atoms with van der Waals surface area (Å²) >= 11 is 0. The lowest BCUT2D eigenvalue weighted by atomic mass is 9.97. The first-order valence-corrected chi connectivity index (χ1v) is 7.08. The van der Waals surface area contributed by atoms with Gasteiger partial charge >= 0.3 is 0 Å². The van der Waals surface area contributed by atoms with Crippen molar-refractivity contribution in [3.05, 3.63) is 0 Å². The van der Waals surface area contributed by atoms with Crippen molar-refractivity contribution < 1.29 is 55.1 Å². The molecule has 0 radical (unpaired) electrons. The van der Waals surface area contributed by atoms with Gasteiger partial charge in [0.25, 0.3) is 0 Å². The molecule has 0 aromatic rings. The smallest absolute Gasteiger partial charge is 0.187 e. The van der Waals surface area contributed by atoms with Gasteiger partial charge in [-0.05, 0) is 0 Å². The van der Waals surface area contributed by atoms with Gasteiger partial charge < -0.3 is 55.1 Å². The van der Waals surface area contributed by atoms with Crippen molar-refractivity contribution in [2.24, 2.45) is 0 Å². The van der Waals surface area contributed by atoms with Crippen LogP contribution >= 0.6 is 0 Å². The summed E-state index contributed by atoms with van der Waals surface area (Å²) in [4.78, 5) is 0. The van der Waals surface area contributed by atoms with Crippen LogP contribution in [0.15, 0.2) is 0 Å². The Kier molecular flexibility index (Phi) is 6.27. The summed E-state index contributed by atoms with van der Waals surface area (Å²) in [5, 5.41) is 76.5. The summed E-state index contributed by atoms with van der Waals surface area (Å²) in [6.45, 7) is -1.35. The molecule has 2 rings (SSSR count). The fourth-order valence-corrected chi connectivity index (χ4v) is 2.57. The number of ether oxygens (including phenoxy) is 3. The van der Waals surface area contributed by atoms with Gasteiger partial charge in [-0.2, -0.15) is 0 Å². The quantitative estimate of drug-likeness (QED) is 0.243. The van der Waals surface area contributed by atoms with Crippen molar-refractivity contribution in [2.75, 3.05) is 13.2 Å². The van der Waals surface area contributed by atoms with Crippen LogP contribution in [-0.2, 0) is 14.2 Å². The van der Waals surface area contributed by atoms with Crippen LogP contribution < -0.4 is 0 Å². The van der Waals surface area contributed by atoms with Crippen molar-refractivity contribution in [3.8, 4) is 0 Å². The molecule has 0 amide bonds. The molecule has 10 atom stereocenters. The third kappa shape index (κ3) is 3.65. The van der Waals surface area contributed by atoms with Gasteiger partial charge in [0.15, 0.2) is 12.6 Å². The van der Waals surface area contributed by atoms with Crippen LogP contribution in [0, 0.1) is 0 Å². The highest BCUT2D eigenvalue weighted by atomic mass is 16.7. The summed E-state index contributed by atoms with van der Waals surface area (Å²) < 4.78 is 15.3. The second-order valence-electron chi connectivity index (χ2n) is 5.53. The van der Waals surface area contributed by atoms with E-state index in [0.29, 0.717) is 0 Å². The maximum absolute atomic E-state index is 9.94. The minimum atomic E-state index is -1.74. The van der Waals surface area contributed by atoms with Crippen LogP contribution in [0.4, 0.5) is 0 Å². The fraction of sp³-hybridized carbons (Fsp3) is 1.00. The molecule has 2 saturated heterocycles. The predicted octanol–water partition coefficient (Wildman–Crippen LogP) is -5.40. The largest absolute Gasteiger partial charge is 0.394 e. The summed E-state index contributed by atoms with van der Waals surface area (Å²) in [6.07, 6.45) is -15.6. The van der Waals surface area contributed by atoms with Gasteiger partial charge in [-0.1, -0.05) is 0 Å². The van der Waals surface area contributed by atoms with Gasteiger partial charge in [0.05, 0.1) is 13.2 Å². The van der Waals surface area contributed by atoms with E-state index in [4.69, 9.17) is 19.3 Å². The second-order valence-corrected chi connectivity index (χ2v) is 5.53. The van der Waals surface area contributed by atoms with E-state index in [1.807, 2.05) is 0 Å². The molecule has 0 spiro atoms. The van der Waals surface area contributed by atoms with E-state index in [-0.39, 0.29) is 0 Å². The van der Waals surface area contributed by atoms with E-state index in [1.165, 1.54) is 0 Å². The lowest BCUT2D eigenvalue weighted by molar-refractivity contribution is -0.355. The Morgan fingerprint density at radius 2 is 1.26 bits per heavy atom. The Labute approximate surface area is 130 Å². The summed E-state index contributed by atoms with van der Waals surface area (Å²) in [5.74, 6) is 0. The molecule has 2 aliphatic heterocycles. The Hall–Kier alpha value is -0.440. The molecule has 8 N–H and O–H groups in total. The van der Waals surface area contributed by atoms with Crippen molar-refractivity contribution in [1.29, 1.82) is 0 Å². The summed E-state index contributed by atoms with van der Waals surface area (Å²) in [7, 11) is 0. The van der Waals surface area contributed by atoms with Gasteiger partial charge in [-0.25, -0.2) is 0 Å². The fourth-order valence-electron chi connectivity index (χ4n) is 2.57. The van der Waals surface area contributed by atoms with Crippen LogP contribution in [0.5, 0.6) is 0 Å². The zero-order chi connectivity index (χ0) is 17.3. The third-order valence-electron chi connectivity index (χ3n) is 3.98. The van der Waals surface area contributed by atoms with Crippen molar-refractivity contribution >= 4 is 0 Å². The highest BCUT2D eigenvalue weighted by Gasteiger charge is 2.50. The first-order chi connectivity index (χ1) is 10.8. The minimum Gasteiger partial charge on any atom is -0.394 e. The lowest BCUT2D eigenvalue weighted by Gasteiger charge is -2.45. The molecule has 2 heterocycles. The third-order valence-corrected chi connectivity index (χ3v) is 3.98. The molecule has 11 nitrogen and oxygen atoms in total. The average Bonchev–Trinajstić information content (AvgIpc) is 2.55. The van der Waals surface area contributed by atoms with Crippen molar-refractivity contribution in [3.63, 3.8) is 0 Å². The Morgan fingerprint density at radius 3 is 1.83 bits per heavy atom. The van der Waals surface area contributed by atoms with Gasteiger partial charge in [0, 0.05) is 0 Å². The van der Waals surface area contributed by atoms with Crippen LogP contribution in [0.3, 0.4) is 0 Å². The standard InChI is InChI=1S/C12H22O11/c13-1-3-5(15)6(16)9(19)12(22-3)23-10-4(2-14)21-11(20)8(18)7(10)17/h3-20H,1-2H2/t3-,4-,5+,6+,7+,8+,9+,10-,11-,12+/m1/s1. The van der Waals surface area contributed by atoms with Crippen LogP contribution in [0.25, 0.3) is 0 Å². The molecule has 2 fully saturated rings. The molecule has 0 bridgehead atoms. The van der Waals surface area contributed by atoms with Crippen LogP contribution in [0.2, 0.25) is 0 Å². The Morgan fingerprint density at radius 1 is 0.652 bits per heavy atom. The van der Waals surface area contributed by atoms with Crippen molar-refractivity contribution in [2.45, 2.75) is 61.4 Å². The first-order valence-electron chi connectivity index (χ1n) is 7.08. The number of aliphatic hydroxyl groups is 8. The number of aliphatic hydroxyl groups excluding tert-OH is 8. The number of hydrogen-bond donors (Lipinski definition) is 8. The zero-order valence-corrected chi connectivity index (χ0v) is 12.0. The van der Waals surface area contributed by atoms with Gasteiger partial charge in [0.2, 0.25) is 0 Å². The van der Waals surface area contributed by atoms with E-state index in [2.05, 4.69) is 0 Å². The molecule has 0 aromatic heterocycles. The Bertz CT molecular complexity index is 378. The topological polar surface area (TPSA) is 190 Å². The van der Waals surface area contributed by atoms with E-state index in [9.17, 15) is 35.7 Å². The molecule has 0 saturated carbocycles. The number of hydrogen-bond acceptors (Lipinski definition) is 11. The summed E-state index contributed by atoms with van der Waals surface area (Å²) in [6, 6.07) is 0. The van der Waals surface area contributed by atoms with E-state index < -0.39 is 74.6 Å². The summed E-state index contributed by atoms with van der Waals surface area (Å²) in [5.41, 5.74) is 0. The van der Waals surface area contributed by atoms with Crippen LogP contribution in [-0.4, -0.2) is 115 Å². The molecular formula is C12H22O11. The highest BCUT2D eigenvalue weighted by molar-refractivity contribution is 4.93. The maximum atomic E-state index is 9.94. The predicted molar refractivity (Wildman–Crippen MR) is 68.6 cm³/mol. The molecule has 0 unspecified atom stereocenters. The van der Waals surface area contributed by atoms with E-state index in [0.717, 1.165) is 0 Å². The highest BCUT2D eigenvalue weighted by Crippen LogP contribution is 2.28. The molecular weight excluding hydrogens is 320 g/mol. The molecule has 136 valence electrons. The van der Waals surface area contributed by atoms with Crippen LogP contribution in [0.1, 0.15) is 0 Å². The normalized spacial score (nSPS) is 51.7.